The first-order valence-corrected chi connectivity index (χ1v) is 9.59. The summed E-state index contributed by atoms with van der Waals surface area (Å²) in [5.74, 6) is 0.212. The average Bonchev–Trinajstić information content (AvgIpc) is 3.16. The standard InChI is InChI=1S/C22H34O3/c1-15(2)19-11-9-16(3)10-12-21-22(6,25-21)13-7-8-17(4)20(14-19)24-18(5)23/h8-9,11,15,20-21H,7,10,12-14H2,1-6H3. The number of rotatable bonds is 2. The fraction of sp³-hybridized carbons (Fsp3) is 0.682. The smallest absolute Gasteiger partial charge is 0.303 e. The van der Waals surface area contributed by atoms with E-state index in [1.807, 2.05) is 0 Å². The molecule has 2 rings (SSSR count). The summed E-state index contributed by atoms with van der Waals surface area (Å²) in [4.78, 5) is 11.6. The predicted octanol–water partition coefficient (Wildman–Crippen LogP) is 5.51. The quantitative estimate of drug-likeness (QED) is 0.376. The Hall–Kier alpha value is -1.35. The van der Waals surface area contributed by atoms with Gasteiger partial charge in [-0.2, -0.15) is 0 Å². The Kier molecular flexibility index (Phi) is 6.67. The van der Waals surface area contributed by atoms with Crippen molar-refractivity contribution < 1.29 is 14.3 Å². The highest BCUT2D eigenvalue weighted by atomic mass is 16.6. The van der Waals surface area contributed by atoms with Crippen LogP contribution in [0, 0.1) is 5.92 Å². The van der Waals surface area contributed by atoms with Gasteiger partial charge in [0, 0.05) is 13.3 Å². The van der Waals surface area contributed by atoms with E-state index >= 15 is 0 Å². The lowest BCUT2D eigenvalue weighted by atomic mass is 9.91. The van der Waals surface area contributed by atoms with Crippen LogP contribution < -0.4 is 0 Å². The Labute approximate surface area is 153 Å². The summed E-state index contributed by atoms with van der Waals surface area (Å²) in [6.07, 6.45) is 11.8. The molecular formula is C22H34O3. The number of carbonyl (C=O) groups is 1. The van der Waals surface area contributed by atoms with Gasteiger partial charge in [0.1, 0.15) is 6.10 Å². The molecule has 3 atom stereocenters. The van der Waals surface area contributed by atoms with E-state index in [1.165, 1.54) is 18.1 Å². The number of epoxide rings is 1. The average molecular weight is 347 g/mol. The normalized spacial score (nSPS) is 31.2. The molecule has 0 N–H and O–H groups in total. The fourth-order valence-corrected chi connectivity index (χ4v) is 3.49. The van der Waals surface area contributed by atoms with E-state index in [9.17, 15) is 4.79 Å². The number of ether oxygens (including phenoxy) is 2. The summed E-state index contributed by atoms with van der Waals surface area (Å²) in [7, 11) is 0. The molecule has 0 radical (unpaired) electrons. The van der Waals surface area contributed by atoms with E-state index in [1.54, 1.807) is 0 Å². The van der Waals surface area contributed by atoms with E-state index in [0.717, 1.165) is 37.7 Å². The lowest BCUT2D eigenvalue weighted by Gasteiger charge is -2.22. The zero-order valence-electron chi connectivity index (χ0n) is 16.7. The van der Waals surface area contributed by atoms with E-state index in [-0.39, 0.29) is 17.7 Å². The third-order valence-electron chi connectivity index (χ3n) is 5.50. The molecule has 1 aliphatic heterocycles. The van der Waals surface area contributed by atoms with Gasteiger partial charge in [0.15, 0.2) is 0 Å². The van der Waals surface area contributed by atoms with Crippen LogP contribution in [0.1, 0.15) is 73.6 Å². The van der Waals surface area contributed by atoms with Crippen molar-refractivity contribution in [2.24, 2.45) is 5.92 Å². The van der Waals surface area contributed by atoms with E-state index < -0.39 is 0 Å². The van der Waals surface area contributed by atoms with Crippen LogP contribution in [0.4, 0.5) is 0 Å². The maximum Gasteiger partial charge on any atom is 0.303 e. The molecule has 0 bridgehead atoms. The van der Waals surface area contributed by atoms with Crippen molar-refractivity contribution >= 4 is 5.97 Å². The third-order valence-corrected chi connectivity index (χ3v) is 5.50. The predicted molar refractivity (Wildman–Crippen MR) is 102 cm³/mol. The minimum atomic E-state index is -0.216. The van der Waals surface area contributed by atoms with Crippen molar-refractivity contribution in [2.45, 2.75) is 91.5 Å². The van der Waals surface area contributed by atoms with Crippen LogP contribution >= 0.6 is 0 Å². The number of hydrogen-bond acceptors (Lipinski definition) is 3. The van der Waals surface area contributed by atoms with Gasteiger partial charge in [-0.3, -0.25) is 4.79 Å². The second-order valence-electron chi connectivity index (χ2n) is 8.16. The number of allylic oxidation sites excluding steroid dienone is 4. The summed E-state index contributed by atoms with van der Waals surface area (Å²) in [5.41, 5.74) is 3.87. The molecule has 1 saturated heterocycles. The zero-order valence-corrected chi connectivity index (χ0v) is 16.7. The number of fused-ring (bicyclic) bond motifs is 1. The van der Waals surface area contributed by atoms with Crippen LogP contribution in [-0.2, 0) is 14.3 Å². The minimum absolute atomic E-state index is 0.0248. The first-order chi connectivity index (χ1) is 11.7. The number of hydrogen-bond donors (Lipinski definition) is 0. The van der Waals surface area contributed by atoms with Crippen LogP contribution in [0.25, 0.3) is 0 Å². The Bertz CT molecular complexity index is 582. The molecule has 140 valence electrons. The monoisotopic (exact) mass is 346 g/mol. The molecule has 0 spiro atoms. The van der Waals surface area contributed by atoms with E-state index in [2.05, 4.69) is 52.8 Å². The van der Waals surface area contributed by atoms with Crippen LogP contribution in [0.3, 0.4) is 0 Å². The first kappa shape index (κ1) is 20.0. The molecule has 3 heteroatoms. The van der Waals surface area contributed by atoms with Crippen LogP contribution in [0.15, 0.2) is 34.9 Å². The first-order valence-electron chi connectivity index (χ1n) is 9.59. The lowest BCUT2D eigenvalue weighted by molar-refractivity contribution is -0.144. The zero-order chi connectivity index (χ0) is 18.6. The molecule has 25 heavy (non-hydrogen) atoms. The molecule has 1 heterocycles. The summed E-state index contributed by atoms with van der Waals surface area (Å²) in [6.45, 7) is 12.4. The number of carbonyl (C=O) groups excluding carboxylic acids is 1. The van der Waals surface area contributed by atoms with E-state index in [0.29, 0.717) is 12.0 Å². The second kappa shape index (κ2) is 8.35. The van der Waals surface area contributed by atoms with Crippen molar-refractivity contribution in [3.05, 3.63) is 34.9 Å². The van der Waals surface area contributed by atoms with Crippen molar-refractivity contribution in [1.82, 2.24) is 0 Å². The summed E-state index contributed by atoms with van der Waals surface area (Å²) in [5, 5.41) is 0. The largest absolute Gasteiger partial charge is 0.458 e. The summed E-state index contributed by atoms with van der Waals surface area (Å²) >= 11 is 0. The Morgan fingerprint density at radius 3 is 2.68 bits per heavy atom. The lowest BCUT2D eigenvalue weighted by Crippen LogP contribution is -2.20. The van der Waals surface area contributed by atoms with Gasteiger partial charge in [-0.15, -0.1) is 0 Å². The van der Waals surface area contributed by atoms with Gasteiger partial charge in [0.25, 0.3) is 0 Å². The second-order valence-corrected chi connectivity index (χ2v) is 8.16. The van der Waals surface area contributed by atoms with E-state index in [4.69, 9.17) is 9.47 Å². The van der Waals surface area contributed by atoms with Gasteiger partial charge < -0.3 is 9.47 Å². The molecule has 1 aliphatic carbocycles. The molecular weight excluding hydrogens is 312 g/mol. The molecule has 0 saturated carbocycles. The highest BCUT2D eigenvalue weighted by Crippen LogP contribution is 2.43. The van der Waals surface area contributed by atoms with Crippen LogP contribution in [0.2, 0.25) is 0 Å². The summed E-state index contributed by atoms with van der Waals surface area (Å²) in [6, 6.07) is 0. The minimum Gasteiger partial charge on any atom is -0.458 e. The van der Waals surface area contributed by atoms with Crippen molar-refractivity contribution in [1.29, 1.82) is 0 Å². The molecule has 1 fully saturated rings. The highest BCUT2D eigenvalue weighted by Gasteiger charge is 2.50. The van der Waals surface area contributed by atoms with Crippen molar-refractivity contribution in [3.8, 4) is 0 Å². The van der Waals surface area contributed by atoms with Crippen LogP contribution in [0.5, 0.6) is 0 Å². The van der Waals surface area contributed by atoms with Gasteiger partial charge in [0.2, 0.25) is 0 Å². The Balaban J connectivity index is 2.27. The molecule has 0 aromatic heterocycles. The maximum absolute atomic E-state index is 11.6. The van der Waals surface area contributed by atoms with Crippen molar-refractivity contribution in [3.63, 3.8) is 0 Å². The number of esters is 1. The Morgan fingerprint density at radius 2 is 2.04 bits per heavy atom. The van der Waals surface area contributed by atoms with Gasteiger partial charge in [-0.05, 0) is 57.9 Å². The SMILES string of the molecule is CC(=O)OC1CC(C(C)C)=CC=C(C)CCC2OC2(C)CCC=C1C. The fourth-order valence-electron chi connectivity index (χ4n) is 3.49. The maximum atomic E-state index is 11.6. The molecule has 0 aromatic rings. The molecule has 2 aliphatic rings. The molecule has 0 aromatic carbocycles. The topological polar surface area (TPSA) is 38.8 Å². The van der Waals surface area contributed by atoms with Gasteiger partial charge >= 0.3 is 5.97 Å². The van der Waals surface area contributed by atoms with Gasteiger partial charge in [-0.1, -0.05) is 43.2 Å². The van der Waals surface area contributed by atoms with Gasteiger partial charge in [0.05, 0.1) is 11.7 Å². The van der Waals surface area contributed by atoms with Crippen LogP contribution in [-0.4, -0.2) is 23.8 Å². The molecule has 3 nitrogen and oxygen atoms in total. The molecule has 0 amide bonds. The third kappa shape index (κ3) is 5.85. The highest BCUT2D eigenvalue weighted by molar-refractivity contribution is 5.66. The Morgan fingerprint density at radius 1 is 1.32 bits per heavy atom. The van der Waals surface area contributed by atoms with Crippen molar-refractivity contribution in [2.75, 3.05) is 0 Å². The molecule has 3 unspecified atom stereocenters. The summed E-state index contributed by atoms with van der Waals surface area (Å²) < 4.78 is 11.6. The van der Waals surface area contributed by atoms with Gasteiger partial charge in [-0.25, -0.2) is 0 Å².